The number of rotatable bonds is 6. The summed E-state index contributed by atoms with van der Waals surface area (Å²) in [6.07, 6.45) is 1.79. The lowest BCUT2D eigenvalue weighted by Gasteiger charge is -2.16. The van der Waals surface area contributed by atoms with E-state index in [0.717, 1.165) is 5.57 Å². The molecule has 0 spiro atoms. The number of hydrogen-bond donors (Lipinski definition) is 0. The molecule has 3 nitrogen and oxygen atoms in total. The van der Waals surface area contributed by atoms with Crippen molar-refractivity contribution in [3.63, 3.8) is 0 Å². The van der Waals surface area contributed by atoms with E-state index in [-0.39, 0.29) is 0 Å². The third-order valence-corrected chi connectivity index (χ3v) is 1.97. The SMILES string of the molecule is COCOCC(C)=CO[Si](C)(C)C. The first-order valence-electron chi connectivity index (χ1n) is 4.36. The van der Waals surface area contributed by atoms with Crippen LogP contribution in [0.5, 0.6) is 0 Å². The maximum Gasteiger partial charge on any atom is 0.241 e. The summed E-state index contributed by atoms with van der Waals surface area (Å²) in [5.41, 5.74) is 1.08. The smallest absolute Gasteiger partial charge is 0.241 e. The van der Waals surface area contributed by atoms with Gasteiger partial charge in [-0.05, 0) is 32.1 Å². The van der Waals surface area contributed by atoms with E-state index in [1.807, 2.05) is 6.92 Å². The highest BCUT2D eigenvalue weighted by Gasteiger charge is 2.13. The first-order valence-corrected chi connectivity index (χ1v) is 7.76. The molecular weight excluding hydrogens is 184 g/mol. The highest BCUT2D eigenvalue weighted by molar-refractivity contribution is 6.69. The van der Waals surface area contributed by atoms with E-state index in [9.17, 15) is 0 Å². The monoisotopic (exact) mass is 204 g/mol. The molecule has 78 valence electrons. The third kappa shape index (κ3) is 9.59. The molecule has 0 saturated heterocycles. The first kappa shape index (κ1) is 12.7. The minimum atomic E-state index is -1.43. The quantitative estimate of drug-likeness (QED) is 0.288. The Balaban J connectivity index is 3.63. The van der Waals surface area contributed by atoms with E-state index < -0.39 is 8.32 Å². The highest BCUT2D eigenvalue weighted by Crippen LogP contribution is 2.05. The van der Waals surface area contributed by atoms with Crippen LogP contribution in [0.15, 0.2) is 11.8 Å². The van der Waals surface area contributed by atoms with Crippen molar-refractivity contribution in [1.29, 1.82) is 0 Å². The van der Waals surface area contributed by atoms with Crippen molar-refractivity contribution in [3.8, 4) is 0 Å². The predicted octanol–water partition coefficient (Wildman–Crippen LogP) is 2.36. The van der Waals surface area contributed by atoms with E-state index >= 15 is 0 Å². The van der Waals surface area contributed by atoms with Gasteiger partial charge in [-0.1, -0.05) is 0 Å². The molecule has 0 aromatic carbocycles. The van der Waals surface area contributed by atoms with Crippen molar-refractivity contribution in [2.75, 3.05) is 20.5 Å². The molecule has 0 radical (unpaired) electrons. The van der Waals surface area contributed by atoms with Crippen LogP contribution in [0.3, 0.4) is 0 Å². The van der Waals surface area contributed by atoms with Crippen LogP contribution in [0.25, 0.3) is 0 Å². The van der Waals surface area contributed by atoms with E-state index in [0.29, 0.717) is 13.4 Å². The average molecular weight is 204 g/mol. The van der Waals surface area contributed by atoms with Gasteiger partial charge in [0.25, 0.3) is 0 Å². The number of ether oxygens (including phenoxy) is 2. The fourth-order valence-electron chi connectivity index (χ4n) is 0.597. The zero-order valence-electron chi connectivity index (χ0n) is 9.22. The molecule has 0 bridgehead atoms. The van der Waals surface area contributed by atoms with Crippen LogP contribution in [0, 0.1) is 0 Å². The maximum atomic E-state index is 5.58. The van der Waals surface area contributed by atoms with Crippen molar-refractivity contribution in [2.45, 2.75) is 26.6 Å². The zero-order valence-corrected chi connectivity index (χ0v) is 10.2. The van der Waals surface area contributed by atoms with Gasteiger partial charge in [-0.3, -0.25) is 0 Å². The fraction of sp³-hybridized carbons (Fsp3) is 0.778. The van der Waals surface area contributed by atoms with Gasteiger partial charge >= 0.3 is 0 Å². The molecule has 0 aromatic heterocycles. The van der Waals surface area contributed by atoms with Gasteiger partial charge in [-0.15, -0.1) is 0 Å². The van der Waals surface area contributed by atoms with Crippen molar-refractivity contribution < 1.29 is 13.9 Å². The third-order valence-electron chi connectivity index (χ3n) is 1.14. The molecule has 0 aliphatic heterocycles. The lowest BCUT2D eigenvalue weighted by Crippen LogP contribution is -2.22. The van der Waals surface area contributed by atoms with Crippen LogP contribution in [0.2, 0.25) is 19.6 Å². The Morgan fingerprint density at radius 2 is 1.92 bits per heavy atom. The van der Waals surface area contributed by atoms with E-state index in [1.165, 1.54) is 0 Å². The largest absolute Gasteiger partial charge is 0.550 e. The second-order valence-corrected chi connectivity index (χ2v) is 8.41. The molecule has 0 amide bonds. The van der Waals surface area contributed by atoms with Crippen LogP contribution in [0.4, 0.5) is 0 Å². The van der Waals surface area contributed by atoms with Crippen molar-refractivity contribution >= 4 is 8.32 Å². The normalized spacial score (nSPS) is 13.2. The van der Waals surface area contributed by atoms with Crippen molar-refractivity contribution in [2.24, 2.45) is 0 Å². The van der Waals surface area contributed by atoms with Crippen LogP contribution in [-0.4, -0.2) is 28.8 Å². The van der Waals surface area contributed by atoms with Crippen LogP contribution >= 0.6 is 0 Å². The molecule has 0 atom stereocenters. The molecule has 0 rings (SSSR count). The molecule has 0 unspecified atom stereocenters. The Morgan fingerprint density at radius 3 is 2.38 bits per heavy atom. The number of methoxy groups -OCH3 is 1. The van der Waals surface area contributed by atoms with Gasteiger partial charge in [0, 0.05) is 7.11 Å². The molecule has 0 N–H and O–H groups in total. The number of hydrogen-bond acceptors (Lipinski definition) is 3. The Bertz CT molecular complexity index is 161. The second-order valence-electron chi connectivity index (χ2n) is 3.95. The van der Waals surface area contributed by atoms with E-state index in [1.54, 1.807) is 13.4 Å². The summed E-state index contributed by atoms with van der Waals surface area (Å²) >= 11 is 0. The molecule has 13 heavy (non-hydrogen) atoms. The lowest BCUT2D eigenvalue weighted by atomic mass is 10.4. The summed E-state index contributed by atoms with van der Waals surface area (Å²) in [6, 6.07) is 0. The van der Waals surface area contributed by atoms with Gasteiger partial charge in [0.15, 0.2) is 0 Å². The van der Waals surface area contributed by atoms with Gasteiger partial charge < -0.3 is 13.9 Å². The summed E-state index contributed by atoms with van der Waals surface area (Å²) in [5, 5.41) is 0. The Hall–Kier alpha value is -0.323. The average Bonchev–Trinajstić information content (AvgIpc) is 2.00. The molecule has 0 aliphatic rings. The molecule has 0 fully saturated rings. The molecular formula is C9H20O3Si. The summed E-state index contributed by atoms with van der Waals surface area (Å²) < 4.78 is 15.5. The topological polar surface area (TPSA) is 27.7 Å². The summed E-state index contributed by atoms with van der Waals surface area (Å²) in [5.74, 6) is 0. The minimum absolute atomic E-state index is 0.331. The molecule has 4 heteroatoms. The van der Waals surface area contributed by atoms with Gasteiger partial charge in [0.05, 0.1) is 12.9 Å². The van der Waals surface area contributed by atoms with E-state index in [2.05, 4.69) is 19.6 Å². The fourth-order valence-corrected chi connectivity index (χ4v) is 1.15. The zero-order chi connectivity index (χ0) is 10.3. The van der Waals surface area contributed by atoms with Gasteiger partial charge in [-0.25, -0.2) is 0 Å². The van der Waals surface area contributed by atoms with Gasteiger partial charge in [0.1, 0.15) is 6.79 Å². The molecule has 0 aromatic rings. The summed E-state index contributed by atoms with van der Waals surface area (Å²) in [7, 11) is 0.178. The molecule has 0 heterocycles. The lowest BCUT2D eigenvalue weighted by molar-refractivity contribution is -0.0214. The Morgan fingerprint density at radius 1 is 1.31 bits per heavy atom. The maximum absolute atomic E-state index is 5.58. The summed E-state index contributed by atoms with van der Waals surface area (Å²) in [4.78, 5) is 0. The van der Waals surface area contributed by atoms with Crippen molar-refractivity contribution in [3.05, 3.63) is 11.8 Å². The minimum Gasteiger partial charge on any atom is -0.550 e. The standard InChI is InChI=1S/C9H20O3Si/c1-9(6-11-8-10-2)7-12-13(3,4)5/h7H,6,8H2,1-5H3. The molecule has 0 aliphatic carbocycles. The Labute approximate surface area is 81.8 Å². The van der Waals surface area contributed by atoms with Crippen LogP contribution < -0.4 is 0 Å². The first-order chi connectivity index (χ1) is 5.95. The van der Waals surface area contributed by atoms with Crippen LogP contribution in [-0.2, 0) is 13.9 Å². The van der Waals surface area contributed by atoms with Crippen LogP contribution in [0.1, 0.15) is 6.92 Å². The second kappa shape index (κ2) is 6.18. The molecule has 0 saturated carbocycles. The summed E-state index contributed by atoms with van der Waals surface area (Å²) in [6.45, 7) is 9.32. The van der Waals surface area contributed by atoms with E-state index in [4.69, 9.17) is 13.9 Å². The Kier molecular flexibility index (Phi) is 6.03. The van der Waals surface area contributed by atoms with Crippen molar-refractivity contribution in [1.82, 2.24) is 0 Å². The highest BCUT2D eigenvalue weighted by atomic mass is 28.4. The predicted molar refractivity (Wildman–Crippen MR) is 56.0 cm³/mol. The van der Waals surface area contributed by atoms with Gasteiger partial charge in [0.2, 0.25) is 8.32 Å². The van der Waals surface area contributed by atoms with Gasteiger partial charge in [-0.2, -0.15) is 0 Å².